The number of hydrogen-bond donors (Lipinski definition) is 1. The van der Waals surface area contributed by atoms with E-state index in [0.717, 1.165) is 38.4 Å². The van der Waals surface area contributed by atoms with Crippen molar-refractivity contribution in [3.05, 3.63) is 51.7 Å². The zero-order chi connectivity index (χ0) is 19.9. The zero-order valence-corrected chi connectivity index (χ0v) is 16.4. The maximum Gasteiger partial charge on any atom is 0.416 e. The fraction of sp³-hybridized carbons (Fsp3) is 0.368. The molecule has 1 unspecified atom stereocenters. The summed E-state index contributed by atoms with van der Waals surface area (Å²) in [5.74, 6) is 1.07. The Balaban J connectivity index is 1.81. The van der Waals surface area contributed by atoms with Gasteiger partial charge in [0.05, 0.1) is 17.0 Å². The van der Waals surface area contributed by atoms with Gasteiger partial charge in [0.1, 0.15) is 16.5 Å². The third-order valence-corrected chi connectivity index (χ3v) is 5.92. The molecule has 1 atom stereocenters. The summed E-state index contributed by atoms with van der Waals surface area (Å²) in [6.07, 6.45) is -4.32. The molecule has 0 amide bonds. The van der Waals surface area contributed by atoms with Crippen LogP contribution in [0.3, 0.4) is 0 Å². The molecule has 0 saturated carbocycles. The van der Waals surface area contributed by atoms with Crippen LogP contribution < -0.4 is 5.73 Å². The van der Waals surface area contributed by atoms with Crippen molar-refractivity contribution in [3.63, 3.8) is 0 Å². The van der Waals surface area contributed by atoms with Gasteiger partial charge in [0.15, 0.2) is 0 Å². The zero-order valence-electron chi connectivity index (χ0n) is 15.6. The number of thiophene rings is 1. The van der Waals surface area contributed by atoms with Gasteiger partial charge in [-0.1, -0.05) is 12.1 Å². The van der Waals surface area contributed by atoms with E-state index in [2.05, 4.69) is 9.97 Å². The SMILES string of the molecule is Cc1sc2nc(C(C)N(C)Cc3ccc(C(F)(F)F)cc3)nc(N)c2c1C. The highest BCUT2D eigenvalue weighted by molar-refractivity contribution is 7.18. The molecule has 0 aliphatic carbocycles. The van der Waals surface area contributed by atoms with E-state index in [1.807, 2.05) is 32.7 Å². The van der Waals surface area contributed by atoms with E-state index in [-0.39, 0.29) is 6.04 Å². The van der Waals surface area contributed by atoms with Gasteiger partial charge >= 0.3 is 6.18 Å². The number of nitrogen functional groups attached to an aromatic ring is 1. The van der Waals surface area contributed by atoms with Crippen LogP contribution in [0.5, 0.6) is 0 Å². The van der Waals surface area contributed by atoms with E-state index in [0.29, 0.717) is 18.2 Å². The standard InChI is InChI=1S/C19H21F3N4S/c1-10-12(3)27-18-15(10)16(23)24-17(25-18)11(2)26(4)9-13-5-7-14(8-6-13)19(20,21)22/h5-8,11H,9H2,1-4H3,(H2,23,24,25). The smallest absolute Gasteiger partial charge is 0.383 e. The minimum atomic E-state index is -4.32. The molecular weight excluding hydrogens is 373 g/mol. The molecule has 2 heterocycles. The number of aromatic nitrogens is 2. The van der Waals surface area contributed by atoms with Crippen molar-refractivity contribution in [2.45, 2.75) is 39.5 Å². The van der Waals surface area contributed by atoms with Crippen LogP contribution in [-0.4, -0.2) is 21.9 Å². The summed E-state index contributed by atoms with van der Waals surface area (Å²) in [7, 11) is 1.89. The van der Waals surface area contributed by atoms with Crippen molar-refractivity contribution in [2.75, 3.05) is 12.8 Å². The number of fused-ring (bicyclic) bond motifs is 1. The van der Waals surface area contributed by atoms with E-state index in [1.54, 1.807) is 11.3 Å². The Bertz CT molecular complexity index is 964. The Morgan fingerprint density at radius 3 is 2.37 bits per heavy atom. The van der Waals surface area contributed by atoms with Crippen LogP contribution in [0, 0.1) is 13.8 Å². The van der Waals surface area contributed by atoms with E-state index in [4.69, 9.17) is 5.73 Å². The highest BCUT2D eigenvalue weighted by Gasteiger charge is 2.30. The first-order valence-electron chi connectivity index (χ1n) is 8.47. The molecule has 0 aliphatic rings. The lowest BCUT2D eigenvalue weighted by Crippen LogP contribution is -2.24. The summed E-state index contributed by atoms with van der Waals surface area (Å²) in [5.41, 5.74) is 7.39. The van der Waals surface area contributed by atoms with Gasteiger partial charge in [-0.2, -0.15) is 13.2 Å². The first kappa shape index (κ1) is 19.6. The molecule has 0 radical (unpaired) electrons. The van der Waals surface area contributed by atoms with Gasteiger partial charge in [-0.25, -0.2) is 9.97 Å². The lowest BCUT2D eigenvalue weighted by Gasteiger charge is -2.24. The molecule has 0 fully saturated rings. The van der Waals surface area contributed by atoms with Crippen LogP contribution in [0.1, 0.15) is 40.4 Å². The van der Waals surface area contributed by atoms with E-state index >= 15 is 0 Å². The summed E-state index contributed by atoms with van der Waals surface area (Å²) >= 11 is 1.59. The molecule has 3 aromatic rings. The first-order valence-corrected chi connectivity index (χ1v) is 9.29. The maximum absolute atomic E-state index is 12.7. The van der Waals surface area contributed by atoms with E-state index in [9.17, 15) is 13.2 Å². The number of alkyl halides is 3. The third kappa shape index (κ3) is 3.91. The number of aryl methyl sites for hydroxylation is 2. The Kier molecular flexibility index (Phi) is 5.14. The van der Waals surface area contributed by atoms with Crippen LogP contribution in [-0.2, 0) is 12.7 Å². The first-order chi connectivity index (χ1) is 12.6. The predicted molar refractivity (Wildman–Crippen MR) is 103 cm³/mol. The van der Waals surface area contributed by atoms with Crippen LogP contribution in [0.4, 0.5) is 19.0 Å². The molecule has 144 valence electrons. The highest BCUT2D eigenvalue weighted by Crippen LogP contribution is 2.33. The van der Waals surface area contributed by atoms with Crippen LogP contribution in [0.25, 0.3) is 10.2 Å². The second-order valence-electron chi connectivity index (χ2n) is 6.72. The molecule has 27 heavy (non-hydrogen) atoms. The number of hydrogen-bond acceptors (Lipinski definition) is 5. The fourth-order valence-corrected chi connectivity index (χ4v) is 3.95. The molecule has 0 bridgehead atoms. The largest absolute Gasteiger partial charge is 0.416 e. The Labute approximate surface area is 159 Å². The normalized spacial score (nSPS) is 13.5. The number of nitrogens with zero attached hydrogens (tertiary/aromatic N) is 3. The minimum absolute atomic E-state index is 0.137. The maximum atomic E-state index is 12.7. The minimum Gasteiger partial charge on any atom is -0.383 e. The Morgan fingerprint density at radius 2 is 1.78 bits per heavy atom. The number of halogens is 3. The van der Waals surface area contributed by atoms with Crippen LogP contribution in [0.15, 0.2) is 24.3 Å². The monoisotopic (exact) mass is 394 g/mol. The third-order valence-electron chi connectivity index (χ3n) is 4.82. The number of rotatable bonds is 4. The molecule has 0 spiro atoms. The summed E-state index contributed by atoms with van der Waals surface area (Å²) in [4.78, 5) is 13.1. The lowest BCUT2D eigenvalue weighted by atomic mass is 10.1. The van der Waals surface area contributed by atoms with Crippen molar-refractivity contribution in [1.82, 2.24) is 14.9 Å². The number of nitrogens with two attached hydrogens (primary N) is 1. The van der Waals surface area contributed by atoms with Gasteiger partial charge in [0.2, 0.25) is 0 Å². The molecule has 2 N–H and O–H groups in total. The van der Waals surface area contributed by atoms with Crippen molar-refractivity contribution in [1.29, 1.82) is 0 Å². The van der Waals surface area contributed by atoms with Crippen LogP contribution in [0.2, 0.25) is 0 Å². The van der Waals surface area contributed by atoms with Gasteiger partial charge in [-0.05, 0) is 51.1 Å². The highest BCUT2D eigenvalue weighted by atomic mass is 32.1. The molecule has 1 aromatic carbocycles. The summed E-state index contributed by atoms with van der Waals surface area (Å²) in [5, 5.41) is 0.902. The summed E-state index contributed by atoms with van der Waals surface area (Å²) in [6, 6.07) is 5.06. The van der Waals surface area contributed by atoms with Crippen molar-refractivity contribution in [2.24, 2.45) is 0 Å². The second kappa shape index (κ2) is 7.09. The van der Waals surface area contributed by atoms with E-state index in [1.165, 1.54) is 12.1 Å². The molecule has 0 saturated heterocycles. The molecule has 0 aliphatic heterocycles. The van der Waals surface area contributed by atoms with Gasteiger partial charge in [-0.15, -0.1) is 11.3 Å². The fourth-order valence-electron chi connectivity index (χ4n) is 2.91. The predicted octanol–water partition coefficient (Wildman–Crippen LogP) is 5.10. The quantitative estimate of drug-likeness (QED) is 0.669. The topological polar surface area (TPSA) is 55.0 Å². The van der Waals surface area contributed by atoms with Gasteiger partial charge in [-0.3, -0.25) is 4.90 Å². The van der Waals surface area contributed by atoms with Crippen molar-refractivity contribution in [3.8, 4) is 0 Å². The second-order valence-corrected chi connectivity index (χ2v) is 7.92. The van der Waals surface area contributed by atoms with Crippen molar-refractivity contribution >= 4 is 27.4 Å². The number of benzene rings is 1. The van der Waals surface area contributed by atoms with Gasteiger partial charge in [0, 0.05) is 11.4 Å². The Morgan fingerprint density at radius 1 is 1.15 bits per heavy atom. The molecule has 8 heteroatoms. The van der Waals surface area contributed by atoms with E-state index < -0.39 is 11.7 Å². The lowest BCUT2D eigenvalue weighted by molar-refractivity contribution is -0.137. The molecular formula is C19H21F3N4S. The van der Waals surface area contributed by atoms with Gasteiger partial charge < -0.3 is 5.73 Å². The van der Waals surface area contributed by atoms with Crippen LogP contribution >= 0.6 is 11.3 Å². The summed E-state index contributed by atoms with van der Waals surface area (Å²) < 4.78 is 38.1. The van der Waals surface area contributed by atoms with Gasteiger partial charge in [0.25, 0.3) is 0 Å². The van der Waals surface area contributed by atoms with Crippen molar-refractivity contribution < 1.29 is 13.2 Å². The Hall–Kier alpha value is -2.19. The molecule has 4 nitrogen and oxygen atoms in total. The number of anilines is 1. The summed E-state index contributed by atoms with van der Waals surface area (Å²) in [6.45, 7) is 6.47. The molecule has 3 rings (SSSR count). The molecule has 2 aromatic heterocycles. The average molecular weight is 394 g/mol. The average Bonchev–Trinajstić information content (AvgIpc) is 2.88.